The van der Waals surface area contributed by atoms with Crippen LogP contribution in [0.3, 0.4) is 0 Å². The topological polar surface area (TPSA) is 105 Å². The lowest BCUT2D eigenvalue weighted by atomic mass is 9.89. The van der Waals surface area contributed by atoms with Crippen molar-refractivity contribution < 1.29 is 28.6 Å². The number of carbonyl (C=O) groups is 3. The summed E-state index contributed by atoms with van der Waals surface area (Å²) in [5.74, 6) is -1.55. The van der Waals surface area contributed by atoms with E-state index >= 15 is 0 Å². The Morgan fingerprint density at radius 1 is 0.800 bits per heavy atom. The van der Waals surface area contributed by atoms with Crippen molar-refractivity contribution in [2.24, 2.45) is 5.73 Å². The van der Waals surface area contributed by atoms with Crippen LogP contribution >= 0.6 is 0 Å². The third-order valence-corrected chi connectivity index (χ3v) is 3.07. The Morgan fingerprint density at radius 2 is 1.16 bits per heavy atom. The van der Waals surface area contributed by atoms with E-state index in [-0.39, 0.29) is 32.3 Å². The fourth-order valence-corrected chi connectivity index (χ4v) is 2.04. The molecule has 0 aromatic rings. The summed E-state index contributed by atoms with van der Waals surface area (Å²) in [4.78, 5) is 36.0. The van der Waals surface area contributed by atoms with Gasteiger partial charge in [0.25, 0.3) is 0 Å². The van der Waals surface area contributed by atoms with E-state index in [4.69, 9.17) is 19.9 Å². The molecule has 0 aromatic carbocycles. The van der Waals surface area contributed by atoms with Crippen molar-refractivity contribution in [1.29, 1.82) is 0 Å². The molecule has 0 spiro atoms. The van der Waals surface area contributed by atoms with Gasteiger partial charge in [0.15, 0.2) is 0 Å². The maximum atomic E-state index is 12.2. The summed E-state index contributed by atoms with van der Waals surface area (Å²) >= 11 is 0. The summed E-state index contributed by atoms with van der Waals surface area (Å²) in [5.41, 5.74) is 3.49. The number of hydrogen-bond donors (Lipinski definition) is 1. The second kappa shape index (κ2) is 9.17. The SMILES string of the molecule is CCOC(=O)C(N)(CCC(=O)OC(C)(C)C)CCC(=O)OC(C)(C)C. The normalized spacial score (nSPS) is 12.5. The van der Waals surface area contributed by atoms with Crippen LogP contribution in [-0.2, 0) is 28.6 Å². The molecule has 0 aliphatic carbocycles. The Bertz CT molecular complexity index is 441. The highest BCUT2D eigenvalue weighted by Crippen LogP contribution is 2.22. The summed E-state index contributed by atoms with van der Waals surface area (Å²) in [7, 11) is 0. The number of nitrogens with two attached hydrogens (primary N) is 1. The van der Waals surface area contributed by atoms with Crippen LogP contribution in [0.4, 0.5) is 0 Å². The minimum absolute atomic E-state index is 0.0313. The molecular weight excluding hydrogens is 326 g/mol. The summed E-state index contributed by atoms with van der Waals surface area (Å²) in [6.45, 7) is 12.4. The summed E-state index contributed by atoms with van der Waals surface area (Å²) in [6, 6.07) is 0. The molecular formula is C18H33NO6. The van der Waals surface area contributed by atoms with Gasteiger partial charge in [0, 0.05) is 12.8 Å². The van der Waals surface area contributed by atoms with Crippen molar-refractivity contribution in [3.63, 3.8) is 0 Å². The minimum Gasteiger partial charge on any atom is -0.465 e. The Morgan fingerprint density at radius 3 is 1.44 bits per heavy atom. The zero-order valence-corrected chi connectivity index (χ0v) is 16.6. The number of rotatable bonds is 8. The monoisotopic (exact) mass is 359 g/mol. The van der Waals surface area contributed by atoms with E-state index < -0.39 is 34.6 Å². The highest BCUT2D eigenvalue weighted by atomic mass is 16.6. The molecule has 0 radical (unpaired) electrons. The molecule has 0 amide bonds. The van der Waals surface area contributed by atoms with Crippen molar-refractivity contribution in [3.05, 3.63) is 0 Å². The van der Waals surface area contributed by atoms with Crippen LogP contribution in [0.2, 0.25) is 0 Å². The molecule has 0 aliphatic heterocycles. The predicted molar refractivity (Wildman–Crippen MR) is 93.7 cm³/mol. The summed E-state index contributed by atoms with van der Waals surface area (Å²) < 4.78 is 15.5. The third kappa shape index (κ3) is 10.8. The number of ether oxygens (including phenoxy) is 3. The Balaban J connectivity index is 4.87. The van der Waals surface area contributed by atoms with Gasteiger partial charge in [-0.1, -0.05) is 0 Å². The first-order chi connectivity index (χ1) is 11.2. The van der Waals surface area contributed by atoms with Crippen molar-refractivity contribution in [2.45, 2.75) is 90.9 Å². The Hall–Kier alpha value is -1.63. The first kappa shape index (κ1) is 23.4. The molecule has 25 heavy (non-hydrogen) atoms. The molecule has 0 atom stereocenters. The molecule has 0 fully saturated rings. The van der Waals surface area contributed by atoms with Gasteiger partial charge in [-0.05, 0) is 61.3 Å². The number of hydrogen-bond acceptors (Lipinski definition) is 7. The molecule has 0 rings (SSSR count). The summed E-state index contributed by atoms with van der Waals surface area (Å²) in [6.07, 6.45) is -0.0190. The van der Waals surface area contributed by atoms with Gasteiger partial charge in [0.1, 0.15) is 16.7 Å². The van der Waals surface area contributed by atoms with E-state index in [9.17, 15) is 14.4 Å². The van der Waals surface area contributed by atoms with Gasteiger partial charge in [-0.25, -0.2) is 0 Å². The van der Waals surface area contributed by atoms with E-state index in [1.807, 2.05) is 0 Å². The molecule has 0 bridgehead atoms. The van der Waals surface area contributed by atoms with Gasteiger partial charge in [-0.15, -0.1) is 0 Å². The van der Waals surface area contributed by atoms with Gasteiger partial charge < -0.3 is 19.9 Å². The highest BCUT2D eigenvalue weighted by Gasteiger charge is 2.37. The number of esters is 3. The van der Waals surface area contributed by atoms with E-state index in [1.165, 1.54) is 0 Å². The zero-order valence-electron chi connectivity index (χ0n) is 16.6. The molecule has 7 heteroatoms. The van der Waals surface area contributed by atoms with E-state index in [0.717, 1.165) is 0 Å². The first-order valence-corrected chi connectivity index (χ1v) is 8.58. The van der Waals surface area contributed by atoms with Gasteiger partial charge >= 0.3 is 17.9 Å². The zero-order chi connectivity index (χ0) is 19.9. The molecule has 0 aromatic heterocycles. The van der Waals surface area contributed by atoms with Crippen LogP contribution in [0.15, 0.2) is 0 Å². The largest absolute Gasteiger partial charge is 0.465 e. The van der Waals surface area contributed by atoms with E-state index in [0.29, 0.717) is 0 Å². The fraction of sp³-hybridized carbons (Fsp3) is 0.833. The maximum Gasteiger partial charge on any atom is 0.326 e. The molecule has 7 nitrogen and oxygen atoms in total. The minimum atomic E-state index is -1.44. The fourth-order valence-electron chi connectivity index (χ4n) is 2.04. The molecule has 2 N–H and O–H groups in total. The Labute approximate surface area is 150 Å². The van der Waals surface area contributed by atoms with Gasteiger partial charge in [-0.3, -0.25) is 14.4 Å². The predicted octanol–water partition coefficient (Wildman–Crippen LogP) is 2.49. The van der Waals surface area contributed by atoms with Crippen molar-refractivity contribution >= 4 is 17.9 Å². The van der Waals surface area contributed by atoms with Crippen LogP contribution in [0.25, 0.3) is 0 Å². The van der Waals surface area contributed by atoms with Crippen LogP contribution in [0, 0.1) is 0 Å². The second-order valence-corrected chi connectivity index (χ2v) is 8.05. The second-order valence-electron chi connectivity index (χ2n) is 8.05. The number of carbonyl (C=O) groups excluding carboxylic acids is 3. The molecule has 0 saturated carbocycles. The quantitative estimate of drug-likeness (QED) is 0.524. The average molecular weight is 359 g/mol. The maximum absolute atomic E-state index is 12.2. The molecule has 0 unspecified atom stereocenters. The van der Waals surface area contributed by atoms with Crippen molar-refractivity contribution in [1.82, 2.24) is 0 Å². The van der Waals surface area contributed by atoms with Crippen LogP contribution in [0.5, 0.6) is 0 Å². The van der Waals surface area contributed by atoms with Crippen molar-refractivity contribution in [2.75, 3.05) is 6.61 Å². The molecule has 0 aliphatic rings. The van der Waals surface area contributed by atoms with Gasteiger partial charge in [0.2, 0.25) is 0 Å². The van der Waals surface area contributed by atoms with Crippen molar-refractivity contribution in [3.8, 4) is 0 Å². The van der Waals surface area contributed by atoms with E-state index in [1.54, 1.807) is 48.5 Å². The molecule has 146 valence electrons. The highest BCUT2D eigenvalue weighted by molar-refractivity contribution is 5.82. The summed E-state index contributed by atoms with van der Waals surface area (Å²) in [5, 5.41) is 0. The molecule has 0 saturated heterocycles. The smallest absolute Gasteiger partial charge is 0.326 e. The van der Waals surface area contributed by atoms with Gasteiger partial charge in [0.05, 0.1) is 6.61 Å². The lowest BCUT2D eigenvalue weighted by Gasteiger charge is -2.28. The first-order valence-electron chi connectivity index (χ1n) is 8.58. The molecule has 0 heterocycles. The van der Waals surface area contributed by atoms with Crippen LogP contribution in [-0.4, -0.2) is 41.3 Å². The van der Waals surface area contributed by atoms with Crippen LogP contribution < -0.4 is 5.73 Å². The lowest BCUT2D eigenvalue weighted by molar-refractivity contribution is -0.157. The Kier molecular flexibility index (Phi) is 8.58. The van der Waals surface area contributed by atoms with E-state index in [2.05, 4.69) is 0 Å². The third-order valence-electron chi connectivity index (χ3n) is 3.07. The van der Waals surface area contributed by atoms with Crippen LogP contribution in [0.1, 0.15) is 74.1 Å². The average Bonchev–Trinajstić information content (AvgIpc) is 2.39. The lowest BCUT2D eigenvalue weighted by Crippen LogP contribution is -2.50. The van der Waals surface area contributed by atoms with Gasteiger partial charge in [-0.2, -0.15) is 0 Å². The standard InChI is InChI=1S/C18H33NO6/c1-8-23-15(22)18(19,11-9-13(20)24-16(2,3)4)12-10-14(21)25-17(5,6)7/h8-12,19H2,1-7H3.